The first-order chi connectivity index (χ1) is 10.2. The molecule has 1 N–H and O–H groups in total. The van der Waals surface area contributed by atoms with E-state index < -0.39 is 6.10 Å². The second-order valence-electron chi connectivity index (χ2n) is 4.71. The van der Waals surface area contributed by atoms with E-state index in [1.165, 1.54) is 4.70 Å². The van der Waals surface area contributed by atoms with Gasteiger partial charge in [-0.05, 0) is 57.4 Å². The molecule has 0 amide bonds. The molecule has 4 heteroatoms. The number of aliphatic hydroxyl groups excluding tert-OH is 1. The van der Waals surface area contributed by atoms with Crippen LogP contribution < -0.4 is 4.74 Å². The molecule has 1 atom stereocenters. The van der Waals surface area contributed by atoms with Crippen molar-refractivity contribution in [2.75, 3.05) is 6.61 Å². The topological polar surface area (TPSA) is 29.5 Å². The predicted molar refractivity (Wildman–Crippen MR) is 91.2 cm³/mol. The van der Waals surface area contributed by atoms with Crippen molar-refractivity contribution in [2.24, 2.45) is 0 Å². The minimum Gasteiger partial charge on any atom is -0.493 e. The SMILES string of the molecule is CCOc1ccc(C(O)c2csc3ccccc23)cc1Br. The maximum atomic E-state index is 10.7. The van der Waals surface area contributed by atoms with Crippen molar-refractivity contribution in [3.8, 4) is 5.75 Å². The molecule has 0 bridgehead atoms. The first-order valence-corrected chi connectivity index (χ1v) is 8.44. The van der Waals surface area contributed by atoms with Gasteiger partial charge in [-0.25, -0.2) is 0 Å². The summed E-state index contributed by atoms with van der Waals surface area (Å²) >= 11 is 5.15. The van der Waals surface area contributed by atoms with E-state index in [2.05, 4.69) is 22.0 Å². The number of halogens is 1. The standard InChI is InChI=1S/C17H15BrO2S/c1-2-20-15-8-7-11(9-14(15)18)17(19)13-10-21-16-6-4-3-5-12(13)16/h3-10,17,19H,2H2,1H3. The molecular weight excluding hydrogens is 348 g/mol. The number of hydrogen-bond acceptors (Lipinski definition) is 3. The van der Waals surface area contributed by atoms with E-state index >= 15 is 0 Å². The molecule has 0 saturated heterocycles. The van der Waals surface area contributed by atoms with Crippen LogP contribution >= 0.6 is 27.3 Å². The number of fused-ring (bicyclic) bond motifs is 1. The van der Waals surface area contributed by atoms with Crippen LogP contribution in [0.5, 0.6) is 5.75 Å². The van der Waals surface area contributed by atoms with Crippen LogP contribution in [0.1, 0.15) is 24.2 Å². The van der Waals surface area contributed by atoms with Crippen molar-refractivity contribution in [1.29, 1.82) is 0 Å². The lowest BCUT2D eigenvalue weighted by Gasteiger charge is -2.13. The Hall–Kier alpha value is -1.36. The Bertz CT molecular complexity index is 766. The summed E-state index contributed by atoms with van der Waals surface area (Å²) in [4.78, 5) is 0. The van der Waals surface area contributed by atoms with Gasteiger partial charge in [0.25, 0.3) is 0 Å². The third-order valence-electron chi connectivity index (χ3n) is 3.38. The van der Waals surface area contributed by atoms with Gasteiger partial charge in [0.1, 0.15) is 11.9 Å². The zero-order valence-electron chi connectivity index (χ0n) is 11.5. The molecule has 2 nitrogen and oxygen atoms in total. The van der Waals surface area contributed by atoms with Crippen LogP contribution in [0, 0.1) is 0 Å². The van der Waals surface area contributed by atoms with E-state index in [-0.39, 0.29) is 0 Å². The van der Waals surface area contributed by atoms with Crippen molar-refractivity contribution in [3.63, 3.8) is 0 Å². The van der Waals surface area contributed by atoms with Crippen molar-refractivity contribution in [3.05, 3.63) is 63.4 Å². The van der Waals surface area contributed by atoms with Crippen LogP contribution in [0.4, 0.5) is 0 Å². The number of aliphatic hydroxyl groups is 1. The minimum atomic E-state index is -0.631. The van der Waals surface area contributed by atoms with Crippen LogP contribution in [0.3, 0.4) is 0 Å². The van der Waals surface area contributed by atoms with Gasteiger partial charge < -0.3 is 9.84 Å². The molecule has 108 valence electrons. The van der Waals surface area contributed by atoms with E-state index in [9.17, 15) is 5.11 Å². The molecule has 2 aromatic carbocycles. The maximum Gasteiger partial charge on any atom is 0.133 e. The van der Waals surface area contributed by atoms with E-state index in [1.807, 2.05) is 48.7 Å². The Morgan fingerprint density at radius 3 is 2.81 bits per heavy atom. The molecule has 1 aromatic heterocycles. The van der Waals surface area contributed by atoms with Gasteiger partial charge in [0.05, 0.1) is 11.1 Å². The molecule has 3 aromatic rings. The smallest absolute Gasteiger partial charge is 0.133 e. The highest BCUT2D eigenvalue weighted by Crippen LogP contribution is 2.35. The average molecular weight is 363 g/mol. The first kappa shape index (κ1) is 14.6. The number of hydrogen-bond donors (Lipinski definition) is 1. The lowest BCUT2D eigenvalue weighted by atomic mass is 10.0. The summed E-state index contributed by atoms with van der Waals surface area (Å²) in [6.07, 6.45) is -0.631. The molecule has 0 saturated carbocycles. The summed E-state index contributed by atoms with van der Waals surface area (Å²) < 4.78 is 7.56. The van der Waals surface area contributed by atoms with E-state index in [1.54, 1.807) is 11.3 Å². The lowest BCUT2D eigenvalue weighted by molar-refractivity contribution is 0.222. The number of ether oxygens (including phenoxy) is 1. The molecule has 1 heterocycles. The van der Waals surface area contributed by atoms with Gasteiger partial charge in [0.2, 0.25) is 0 Å². The number of benzene rings is 2. The average Bonchev–Trinajstić information content (AvgIpc) is 2.93. The second-order valence-corrected chi connectivity index (χ2v) is 6.48. The third kappa shape index (κ3) is 2.84. The van der Waals surface area contributed by atoms with E-state index in [0.717, 1.165) is 26.7 Å². The number of rotatable bonds is 4. The molecule has 0 aliphatic heterocycles. The minimum absolute atomic E-state index is 0.621. The monoisotopic (exact) mass is 362 g/mol. The molecule has 0 aliphatic carbocycles. The van der Waals surface area contributed by atoms with Crippen molar-refractivity contribution < 1.29 is 9.84 Å². The summed E-state index contributed by atoms with van der Waals surface area (Å²) in [6.45, 7) is 2.57. The largest absolute Gasteiger partial charge is 0.493 e. The summed E-state index contributed by atoms with van der Waals surface area (Å²) in [6, 6.07) is 13.9. The third-order valence-corrected chi connectivity index (χ3v) is 4.98. The molecule has 3 rings (SSSR count). The van der Waals surface area contributed by atoms with Crippen molar-refractivity contribution in [2.45, 2.75) is 13.0 Å². The fourth-order valence-electron chi connectivity index (χ4n) is 2.35. The highest BCUT2D eigenvalue weighted by atomic mass is 79.9. The first-order valence-electron chi connectivity index (χ1n) is 6.77. The van der Waals surface area contributed by atoms with Gasteiger partial charge in [0.15, 0.2) is 0 Å². The highest BCUT2D eigenvalue weighted by molar-refractivity contribution is 9.10. The molecule has 1 unspecified atom stereocenters. The van der Waals surface area contributed by atoms with Crippen LogP contribution in [0.2, 0.25) is 0 Å². The Kier molecular flexibility index (Phi) is 4.29. The second kappa shape index (κ2) is 6.18. The van der Waals surface area contributed by atoms with Crippen LogP contribution in [0.15, 0.2) is 52.3 Å². The molecule has 0 radical (unpaired) electrons. The van der Waals surface area contributed by atoms with Gasteiger partial charge in [-0.3, -0.25) is 0 Å². The summed E-state index contributed by atoms with van der Waals surface area (Å²) in [5.41, 5.74) is 1.81. The summed E-state index contributed by atoms with van der Waals surface area (Å²) in [7, 11) is 0. The van der Waals surface area contributed by atoms with Gasteiger partial charge >= 0.3 is 0 Å². The fraction of sp³-hybridized carbons (Fsp3) is 0.176. The van der Waals surface area contributed by atoms with Gasteiger partial charge in [-0.1, -0.05) is 24.3 Å². The maximum absolute atomic E-state index is 10.7. The van der Waals surface area contributed by atoms with Crippen molar-refractivity contribution >= 4 is 37.4 Å². The normalized spacial score (nSPS) is 12.5. The van der Waals surface area contributed by atoms with Gasteiger partial charge in [0, 0.05) is 10.3 Å². The van der Waals surface area contributed by atoms with Gasteiger partial charge in [-0.2, -0.15) is 0 Å². The van der Waals surface area contributed by atoms with Crippen LogP contribution in [-0.4, -0.2) is 11.7 Å². The predicted octanol–water partition coefficient (Wildman–Crippen LogP) is 5.14. The van der Waals surface area contributed by atoms with Crippen LogP contribution in [0.25, 0.3) is 10.1 Å². The number of thiophene rings is 1. The Morgan fingerprint density at radius 1 is 1.24 bits per heavy atom. The zero-order chi connectivity index (χ0) is 14.8. The molecule has 21 heavy (non-hydrogen) atoms. The Labute approximate surface area is 136 Å². The molecule has 0 fully saturated rings. The molecule has 0 spiro atoms. The lowest BCUT2D eigenvalue weighted by Crippen LogP contribution is -2.00. The highest BCUT2D eigenvalue weighted by Gasteiger charge is 2.16. The molecule has 0 aliphatic rings. The quantitative estimate of drug-likeness (QED) is 0.695. The fourth-order valence-corrected chi connectivity index (χ4v) is 3.84. The Morgan fingerprint density at radius 2 is 2.05 bits per heavy atom. The van der Waals surface area contributed by atoms with E-state index in [0.29, 0.717) is 6.61 Å². The van der Waals surface area contributed by atoms with Crippen molar-refractivity contribution in [1.82, 2.24) is 0 Å². The molecular formula is C17H15BrO2S. The van der Waals surface area contributed by atoms with E-state index in [4.69, 9.17) is 4.74 Å². The Balaban J connectivity index is 1.98. The zero-order valence-corrected chi connectivity index (χ0v) is 13.9. The summed E-state index contributed by atoms with van der Waals surface area (Å²) in [5, 5.41) is 13.8. The van der Waals surface area contributed by atoms with Crippen LogP contribution in [-0.2, 0) is 0 Å². The summed E-state index contributed by atoms with van der Waals surface area (Å²) in [5.74, 6) is 0.795. The van der Waals surface area contributed by atoms with Gasteiger partial charge in [-0.15, -0.1) is 11.3 Å².